The van der Waals surface area contributed by atoms with E-state index in [-0.39, 0.29) is 0 Å². The largest absolute Gasteiger partial charge is 0.481 e. The lowest BCUT2D eigenvalue weighted by atomic mass is 9.95. The number of rotatable bonds is 5. The van der Waals surface area contributed by atoms with Crippen LogP contribution in [-0.2, 0) is 27.4 Å². The first-order valence-electron chi connectivity index (χ1n) is 9.35. The van der Waals surface area contributed by atoms with Crippen molar-refractivity contribution in [3.8, 4) is 0 Å². The molecular formula is C18H27N3O4. The maximum Gasteiger partial charge on any atom is 0.313 e. The number of aliphatic carboxylic acids is 1. The second kappa shape index (κ2) is 7.43. The zero-order chi connectivity index (χ0) is 17.2. The van der Waals surface area contributed by atoms with Gasteiger partial charge < -0.3 is 19.1 Å². The van der Waals surface area contributed by atoms with Crippen LogP contribution in [0.4, 0.5) is 0 Å². The minimum Gasteiger partial charge on any atom is -0.481 e. The molecule has 25 heavy (non-hydrogen) atoms. The topological polar surface area (TPSA) is 76.8 Å². The van der Waals surface area contributed by atoms with Gasteiger partial charge in [0.15, 0.2) is 0 Å². The summed E-state index contributed by atoms with van der Waals surface area (Å²) in [5.41, 5.74) is 1.85. The zero-order valence-corrected chi connectivity index (χ0v) is 14.6. The minimum atomic E-state index is -0.748. The van der Waals surface area contributed by atoms with Crippen LogP contribution < -0.4 is 0 Å². The van der Waals surface area contributed by atoms with Crippen molar-refractivity contribution < 1.29 is 19.4 Å². The van der Waals surface area contributed by atoms with Crippen LogP contribution in [0.5, 0.6) is 0 Å². The monoisotopic (exact) mass is 349 g/mol. The van der Waals surface area contributed by atoms with Gasteiger partial charge in [-0.05, 0) is 31.1 Å². The van der Waals surface area contributed by atoms with Gasteiger partial charge in [-0.2, -0.15) is 0 Å². The molecule has 3 aliphatic rings. The molecule has 2 fully saturated rings. The minimum absolute atomic E-state index is 0.492. The molecule has 0 radical (unpaired) electrons. The normalized spacial score (nSPS) is 28.2. The van der Waals surface area contributed by atoms with Crippen molar-refractivity contribution in [3.63, 3.8) is 0 Å². The van der Waals surface area contributed by atoms with E-state index in [0.29, 0.717) is 18.4 Å². The van der Waals surface area contributed by atoms with Crippen molar-refractivity contribution in [2.75, 3.05) is 39.5 Å². The van der Waals surface area contributed by atoms with Crippen molar-refractivity contribution >= 4 is 5.97 Å². The Kier molecular flexibility index (Phi) is 5.05. The quantitative estimate of drug-likeness (QED) is 0.864. The highest BCUT2D eigenvalue weighted by Gasteiger charge is 2.35. The highest BCUT2D eigenvalue weighted by atomic mass is 16.5. The van der Waals surface area contributed by atoms with Crippen molar-refractivity contribution in [2.45, 2.75) is 38.3 Å². The molecule has 0 aliphatic carbocycles. The van der Waals surface area contributed by atoms with E-state index in [4.69, 9.17) is 9.47 Å². The number of aromatic nitrogens is 2. The van der Waals surface area contributed by atoms with Crippen LogP contribution in [0.1, 0.15) is 36.6 Å². The molecule has 7 nitrogen and oxygen atoms in total. The Morgan fingerprint density at radius 1 is 1.16 bits per heavy atom. The number of nitrogens with zero attached hydrogens (tertiary/aromatic N) is 3. The summed E-state index contributed by atoms with van der Waals surface area (Å²) in [7, 11) is 0. The fraction of sp³-hybridized carbons (Fsp3) is 0.778. The van der Waals surface area contributed by atoms with Gasteiger partial charge in [-0.15, -0.1) is 0 Å². The molecule has 0 bridgehead atoms. The van der Waals surface area contributed by atoms with Crippen LogP contribution in [-0.4, -0.2) is 65.0 Å². The SMILES string of the molecule is O=C(O)C1CN(CC2CCOC2)Cc2ncn(CC3CCOCC3)c21. The van der Waals surface area contributed by atoms with E-state index in [1.165, 1.54) is 0 Å². The second-order valence-corrected chi connectivity index (χ2v) is 7.60. The number of hydrogen-bond acceptors (Lipinski definition) is 5. The van der Waals surface area contributed by atoms with E-state index in [2.05, 4.69) is 14.5 Å². The summed E-state index contributed by atoms with van der Waals surface area (Å²) >= 11 is 0. The number of carboxylic acids is 1. The van der Waals surface area contributed by atoms with Crippen LogP contribution in [0.15, 0.2) is 6.33 Å². The van der Waals surface area contributed by atoms with Crippen molar-refractivity contribution in [1.29, 1.82) is 0 Å². The lowest BCUT2D eigenvalue weighted by Crippen LogP contribution is -2.40. The summed E-state index contributed by atoms with van der Waals surface area (Å²) in [4.78, 5) is 18.7. The van der Waals surface area contributed by atoms with Gasteiger partial charge in [0.1, 0.15) is 5.92 Å². The second-order valence-electron chi connectivity index (χ2n) is 7.60. The van der Waals surface area contributed by atoms with E-state index in [9.17, 15) is 9.90 Å². The lowest BCUT2D eigenvalue weighted by Gasteiger charge is -2.33. The Bertz CT molecular complexity index is 605. The van der Waals surface area contributed by atoms with Crippen LogP contribution >= 0.6 is 0 Å². The molecule has 3 aliphatic heterocycles. The van der Waals surface area contributed by atoms with E-state index in [1.807, 2.05) is 6.33 Å². The predicted octanol–water partition coefficient (Wildman–Crippen LogP) is 1.33. The molecule has 4 heterocycles. The summed E-state index contributed by atoms with van der Waals surface area (Å²) in [5, 5.41) is 9.80. The Morgan fingerprint density at radius 2 is 1.92 bits per heavy atom. The van der Waals surface area contributed by atoms with Crippen molar-refractivity contribution in [2.24, 2.45) is 11.8 Å². The number of carboxylic acid groups (broad SMARTS) is 1. The molecule has 0 spiro atoms. The molecule has 0 amide bonds. The molecule has 1 N–H and O–H groups in total. The van der Waals surface area contributed by atoms with Gasteiger partial charge in [0.25, 0.3) is 0 Å². The summed E-state index contributed by atoms with van der Waals surface area (Å²) in [6, 6.07) is 0. The van der Waals surface area contributed by atoms with Gasteiger partial charge in [0.05, 0.1) is 24.3 Å². The fourth-order valence-corrected chi connectivity index (χ4v) is 4.36. The van der Waals surface area contributed by atoms with Crippen LogP contribution in [0.2, 0.25) is 0 Å². The van der Waals surface area contributed by atoms with Gasteiger partial charge in [0, 0.05) is 46.0 Å². The third kappa shape index (κ3) is 3.73. The van der Waals surface area contributed by atoms with Gasteiger partial charge in [-0.25, -0.2) is 4.98 Å². The Hall–Kier alpha value is -1.44. The number of ether oxygens (including phenoxy) is 2. The Labute approximate surface area is 147 Å². The zero-order valence-electron chi connectivity index (χ0n) is 14.6. The molecular weight excluding hydrogens is 322 g/mol. The Morgan fingerprint density at radius 3 is 2.64 bits per heavy atom. The first-order chi connectivity index (χ1) is 12.2. The first-order valence-corrected chi connectivity index (χ1v) is 9.35. The van der Waals surface area contributed by atoms with Gasteiger partial charge in [0.2, 0.25) is 0 Å². The van der Waals surface area contributed by atoms with Gasteiger partial charge in [-0.1, -0.05) is 0 Å². The molecule has 7 heteroatoms. The maximum atomic E-state index is 11.9. The van der Waals surface area contributed by atoms with Gasteiger partial charge >= 0.3 is 5.97 Å². The number of carbonyl (C=O) groups is 1. The third-order valence-corrected chi connectivity index (χ3v) is 5.74. The highest BCUT2D eigenvalue weighted by molar-refractivity contribution is 5.76. The van der Waals surface area contributed by atoms with Crippen LogP contribution in [0.25, 0.3) is 0 Å². The third-order valence-electron chi connectivity index (χ3n) is 5.74. The summed E-state index contributed by atoms with van der Waals surface area (Å²) in [5.74, 6) is -0.175. The molecule has 2 saturated heterocycles. The maximum absolute atomic E-state index is 11.9. The van der Waals surface area contributed by atoms with E-state index >= 15 is 0 Å². The van der Waals surface area contributed by atoms with Crippen molar-refractivity contribution in [1.82, 2.24) is 14.5 Å². The fourth-order valence-electron chi connectivity index (χ4n) is 4.36. The highest BCUT2D eigenvalue weighted by Crippen LogP contribution is 2.31. The molecule has 138 valence electrons. The standard InChI is InChI=1S/C18H27N3O4/c22-18(23)15-9-20(7-14-3-6-25-11-14)10-16-17(15)21(12-19-16)8-13-1-4-24-5-2-13/h12-15H,1-11H2,(H,22,23). The van der Waals surface area contributed by atoms with E-state index in [0.717, 1.165) is 76.7 Å². The molecule has 0 saturated carbocycles. The van der Waals surface area contributed by atoms with E-state index in [1.54, 1.807) is 0 Å². The molecule has 0 aromatic carbocycles. The average Bonchev–Trinajstić information content (AvgIpc) is 3.25. The number of imidazole rings is 1. The van der Waals surface area contributed by atoms with E-state index < -0.39 is 11.9 Å². The smallest absolute Gasteiger partial charge is 0.313 e. The number of hydrogen-bond donors (Lipinski definition) is 1. The predicted molar refractivity (Wildman–Crippen MR) is 90.3 cm³/mol. The number of fused-ring (bicyclic) bond motifs is 1. The van der Waals surface area contributed by atoms with Crippen LogP contribution in [0, 0.1) is 11.8 Å². The lowest BCUT2D eigenvalue weighted by molar-refractivity contribution is -0.139. The Balaban J connectivity index is 1.50. The molecule has 2 atom stereocenters. The van der Waals surface area contributed by atoms with Gasteiger partial charge in [-0.3, -0.25) is 9.69 Å². The molecule has 1 aromatic heterocycles. The van der Waals surface area contributed by atoms with Crippen molar-refractivity contribution in [3.05, 3.63) is 17.7 Å². The van der Waals surface area contributed by atoms with Crippen LogP contribution in [0.3, 0.4) is 0 Å². The first kappa shape index (κ1) is 17.0. The molecule has 4 rings (SSSR count). The summed E-state index contributed by atoms with van der Waals surface area (Å²) in [6.45, 7) is 6.30. The molecule has 2 unspecified atom stereocenters. The average molecular weight is 349 g/mol. The molecule has 1 aromatic rings. The summed E-state index contributed by atoms with van der Waals surface area (Å²) < 4.78 is 13.0. The summed E-state index contributed by atoms with van der Waals surface area (Å²) in [6.07, 6.45) is 4.99.